The highest BCUT2D eigenvalue weighted by molar-refractivity contribution is 7.14. The Labute approximate surface area is 369 Å². The number of nitrogens with zero attached hydrogens (tertiary/aromatic N) is 3. The van der Waals surface area contributed by atoms with Crippen LogP contribution in [0, 0.1) is 17.3 Å². The number of nitrogens with one attached hydrogen (secondary N) is 2. The number of rotatable bonds is 14. The molecule has 16 heteroatoms. The number of benzene rings is 2. The molecule has 14 nitrogen and oxygen atoms in total. The third-order valence-corrected chi connectivity index (χ3v) is 13.3. The van der Waals surface area contributed by atoms with Gasteiger partial charge in [-0.3, -0.25) is 15.0 Å². The predicted molar refractivity (Wildman–Crippen MR) is 238 cm³/mol. The molecule has 5 aliphatic rings. The van der Waals surface area contributed by atoms with E-state index in [1.54, 1.807) is 33.3 Å². The van der Waals surface area contributed by atoms with Gasteiger partial charge in [-0.25, -0.2) is 14.6 Å². The Bertz CT molecular complexity index is 2150. The zero-order valence-corrected chi connectivity index (χ0v) is 38.6. The first-order chi connectivity index (χ1) is 29.2. The second kappa shape index (κ2) is 17.9. The first-order valence-corrected chi connectivity index (χ1v) is 22.6. The van der Waals surface area contributed by atoms with Gasteiger partial charge in [0, 0.05) is 11.9 Å². The molecule has 8 rings (SSSR count). The standard InChI is InChI=1S/C46H62BN5O9S/c1-43(2,3)58-40(54)36-30(25-52-20-14-15-21-52)19-18-29(38(36)56-10)22-35(47-60-34-24-31-23-33(45(31,7)8)46(34,9)61-47)49-39(53)37(51-57-26-28-16-12-11-13-17-28)32-27-62-41(48-32)50-42(55)59-44(4,5)6/h11-13,16-19,27,31,33-35H,14-15,20-26H2,1-10H3,(H,49,53)(H,48,50,55)/b51-37-/t31-,33+,34?,35?,46+/m1/s1. The fourth-order valence-corrected chi connectivity index (χ4v) is 10.1. The van der Waals surface area contributed by atoms with E-state index in [4.69, 9.17) is 28.4 Å². The van der Waals surface area contributed by atoms with Crippen molar-refractivity contribution >= 4 is 47.3 Å². The molecule has 1 aromatic heterocycles. The van der Waals surface area contributed by atoms with Crippen LogP contribution in [0.5, 0.6) is 5.75 Å². The first-order valence-electron chi connectivity index (χ1n) is 21.7. The number of hydrogen-bond acceptors (Lipinski definition) is 13. The number of carbonyl (C=O) groups excluding carboxylic acids is 3. The Morgan fingerprint density at radius 1 is 0.984 bits per heavy atom. The predicted octanol–water partition coefficient (Wildman–Crippen LogP) is 7.97. The van der Waals surface area contributed by atoms with Gasteiger partial charge in [-0.2, -0.15) is 0 Å². The Hall–Kier alpha value is -4.51. The number of thiazole rings is 1. The maximum atomic E-state index is 14.8. The zero-order valence-electron chi connectivity index (χ0n) is 37.8. The number of ether oxygens (including phenoxy) is 3. The van der Waals surface area contributed by atoms with Gasteiger partial charge in [0.1, 0.15) is 34.8 Å². The van der Waals surface area contributed by atoms with Gasteiger partial charge >= 0.3 is 19.2 Å². The second-order valence-electron chi connectivity index (χ2n) is 19.8. The zero-order chi connectivity index (χ0) is 44.6. The third-order valence-electron chi connectivity index (χ3n) is 12.6. The largest absolute Gasteiger partial charge is 0.496 e. The van der Waals surface area contributed by atoms with Gasteiger partial charge in [0.25, 0.3) is 5.91 Å². The van der Waals surface area contributed by atoms with E-state index in [0.717, 1.165) is 61.2 Å². The number of amides is 2. The lowest BCUT2D eigenvalue weighted by molar-refractivity contribution is -0.199. The summed E-state index contributed by atoms with van der Waals surface area (Å²) in [6, 6.07) is 13.4. The lowest BCUT2D eigenvalue weighted by atomic mass is 9.43. The minimum atomic E-state index is -0.866. The van der Waals surface area contributed by atoms with Gasteiger partial charge in [0.05, 0.1) is 24.8 Å². The molecule has 334 valence electrons. The molecule has 5 fully saturated rings. The molecule has 3 aromatic rings. The van der Waals surface area contributed by atoms with Crippen LogP contribution in [0.4, 0.5) is 9.93 Å². The fraction of sp³-hybridized carbons (Fsp3) is 0.587. The molecule has 3 saturated carbocycles. The molecule has 0 radical (unpaired) electrons. The van der Waals surface area contributed by atoms with Crippen molar-refractivity contribution in [2.24, 2.45) is 22.4 Å². The maximum Gasteiger partial charge on any atom is 0.482 e. The van der Waals surface area contributed by atoms with E-state index in [-0.39, 0.29) is 47.0 Å². The van der Waals surface area contributed by atoms with E-state index in [9.17, 15) is 14.4 Å². The van der Waals surface area contributed by atoms with Crippen molar-refractivity contribution in [1.29, 1.82) is 0 Å². The Balaban J connectivity index is 1.24. The molecule has 2 bridgehead atoms. The minimum Gasteiger partial charge on any atom is -0.496 e. The SMILES string of the molecule is COc1c(CC(NC(=O)/C(=N\OCc2ccccc2)c2csc(NC(=O)OC(C)(C)C)n2)B2OC3C[C@H]4C[C@@H](C4(C)C)[C@]3(C)O2)ccc(CN2CCCC2)c1C(=O)OC(C)(C)C. The van der Waals surface area contributed by atoms with Crippen LogP contribution >= 0.6 is 11.3 Å². The molecular formula is C46H62BN5O9S. The molecule has 3 heterocycles. The van der Waals surface area contributed by atoms with Crippen LogP contribution < -0.4 is 15.4 Å². The number of anilines is 1. The molecule has 2 unspecified atom stereocenters. The van der Waals surface area contributed by atoms with Crippen molar-refractivity contribution in [2.45, 2.75) is 136 Å². The summed E-state index contributed by atoms with van der Waals surface area (Å²) >= 11 is 1.12. The number of esters is 1. The summed E-state index contributed by atoms with van der Waals surface area (Å²) in [4.78, 5) is 54.2. The first kappa shape index (κ1) is 45.5. The van der Waals surface area contributed by atoms with E-state index in [1.807, 2.05) is 63.2 Å². The number of likely N-dealkylation sites (tertiary alicyclic amines) is 1. The van der Waals surface area contributed by atoms with E-state index < -0.39 is 47.8 Å². The van der Waals surface area contributed by atoms with E-state index in [1.165, 1.54) is 0 Å². The summed E-state index contributed by atoms with van der Waals surface area (Å²) in [6.45, 7) is 20.1. The van der Waals surface area contributed by atoms with Gasteiger partial charge in [0.15, 0.2) is 10.8 Å². The van der Waals surface area contributed by atoms with Crippen LogP contribution in [0.25, 0.3) is 0 Å². The molecule has 2 amide bonds. The third kappa shape index (κ3) is 10.1. The van der Waals surface area contributed by atoms with Crippen molar-refractivity contribution in [2.75, 3.05) is 25.5 Å². The molecule has 2 aromatic carbocycles. The Kier molecular flexibility index (Phi) is 13.2. The lowest BCUT2D eigenvalue weighted by Crippen LogP contribution is -2.65. The number of carbonyl (C=O) groups is 3. The van der Waals surface area contributed by atoms with Gasteiger partial charge in [-0.15, -0.1) is 11.3 Å². The summed E-state index contributed by atoms with van der Waals surface area (Å²) in [5.41, 5.74) is 0.775. The van der Waals surface area contributed by atoms with Crippen LogP contribution in [0.3, 0.4) is 0 Å². The highest BCUT2D eigenvalue weighted by Gasteiger charge is 2.68. The van der Waals surface area contributed by atoms with E-state index in [2.05, 4.69) is 46.4 Å². The quantitative estimate of drug-likeness (QED) is 0.0701. The smallest absolute Gasteiger partial charge is 0.482 e. The molecule has 3 aliphatic carbocycles. The van der Waals surface area contributed by atoms with Gasteiger partial charge in [-0.1, -0.05) is 61.5 Å². The van der Waals surface area contributed by atoms with E-state index in [0.29, 0.717) is 29.3 Å². The summed E-state index contributed by atoms with van der Waals surface area (Å²) in [7, 11) is 0.683. The maximum absolute atomic E-state index is 14.8. The average molecular weight is 872 g/mol. The molecular weight excluding hydrogens is 809 g/mol. The molecule has 2 aliphatic heterocycles. The van der Waals surface area contributed by atoms with Gasteiger partial charge in [-0.05, 0) is 128 Å². The summed E-state index contributed by atoms with van der Waals surface area (Å²) in [5.74, 6) is -0.734. The fourth-order valence-electron chi connectivity index (χ4n) is 9.47. The molecule has 2 saturated heterocycles. The number of methoxy groups -OCH3 is 1. The highest BCUT2D eigenvalue weighted by Crippen LogP contribution is 2.65. The summed E-state index contributed by atoms with van der Waals surface area (Å²) < 4.78 is 31.3. The summed E-state index contributed by atoms with van der Waals surface area (Å²) in [6.07, 6.45) is 3.42. The second-order valence-corrected chi connectivity index (χ2v) is 20.6. The van der Waals surface area contributed by atoms with Crippen molar-refractivity contribution in [3.63, 3.8) is 0 Å². The number of oxime groups is 1. The Morgan fingerprint density at radius 2 is 1.68 bits per heavy atom. The number of aromatic nitrogens is 1. The van der Waals surface area contributed by atoms with Crippen LogP contribution in [0.1, 0.15) is 121 Å². The van der Waals surface area contributed by atoms with Gasteiger partial charge < -0.3 is 33.7 Å². The molecule has 62 heavy (non-hydrogen) atoms. The monoisotopic (exact) mass is 871 g/mol. The average Bonchev–Trinajstić information content (AvgIpc) is 3.95. The number of hydrogen-bond donors (Lipinski definition) is 2. The normalized spacial score (nSPS) is 23.8. The van der Waals surface area contributed by atoms with Crippen LogP contribution in [-0.2, 0) is 48.0 Å². The van der Waals surface area contributed by atoms with Crippen LogP contribution in [0.15, 0.2) is 53.0 Å². The lowest BCUT2D eigenvalue weighted by Gasteiger charge is -2.64. The van der Waals surface area contributed by atoms with Crippen molar-refractivity contribution in [3.8, 4) is 5.75 Å². The summed E-state index contributed by atoms with van der Waals surface area (Å²) in [5, 5.41) is 12.0. The topological polar surface area (TPSA) is 159 Å². The highest BCUT2D eigenvalue weighted by atomic mass is 32.1. The van der Waals surface area contributed by atoms with Gasteiger partial charge in [0.2, 0.25) is 0 Å². The van der Waals surface area contributed by atoms with Crippen molar-refractivity contribution in [3.05, 3.63) is 75.8 Å². The minimum absolute atomic E-state index is 0.0878. The molecule has 5 atom stereocenters. The van der Waals surface area contributed by atoms with Crippen molar-refractivity contribution < 1.29 is 42.7 Å². The van der Waals surface area contributed by atoms with E-state index >= 15 is 0 Å². The van der Waals surface area contributed by atoms with Crippen molar-refractivity contribution in [1.82, 2.24) is 15.2 Å². The molecule has 0 spiro atoms. The molecule has 2 N–H and O–H groups in total. The van der Waals surface area contributed by atoms with Crippen LogP contribution in [0.2, 0.25) is 0 Å². The van der Waals surface area contributed by atoms with Crippen LogP contribution in [-0.4, -0.2) is 89.7 Å². The Morgan fingerprint density at radius 3 is 2.34 bits per heavy atom.